The van der Waals surface area contributed by atoms with Gasteiger partial charge in [-0.3, -0.25) is 15.0 Å². The van der Waals surface area contributed by atoms with E-state index >= 15 is 0 Å². The number of rotatable bonds is 6. The van der Waals surface area contributed by atoms with Crippen molar-refractivity contribution in [1.29, 1.82) is 0 Å². The van der Waals surface area contributed by atoms with Crippen molar-refractivity contribution in [3.8, 4) is 0 Å². The van der Waals surface area contributed by atoms with Gasteiger partial charge in [-0.2, -0.15) is 0 Å². The van der Waals surface area contributed by atoms with Gasteiger partial charge in [-0.25, -0.2) is 0 Å². The molecule has 0 aromatic carbocycles. The predicted octanol–water partition coefficient (Wildman–Crippen LogP) is 4.51. The summed E-state index contributed by atoms with van der Waals surface area (Å²) < 4.78 is 2.36. The minimum absolute atomic E-state index is 0.0185. The van der Waals surface area contributed by atoms with Gasteiger partial charge in [-0.05, 0) is 79.2 Å². The second-order valence-corrected chi connectivity index (χ2v) is 8.77. The topological polar surface area (TPSA) is 58.9 Å². The predicted molar refractivity (Wildman–Crippen MR) is 132 cm³/mol. The molecule has 0 spiro atoms. The standard InChI is InChI=1S/C26H26N6S/c1-18-14-22(19(2)31(18)16-20-8-12-27-13-9-20)25-24(23-7-3-4-11-29-23)30-26(33)32(25)17-21-6-5-10-28-15-21/h3-15,24-25H,16-17H2,1-2H3,(H,30,33)/t24-,25+/m0/s1. The molecule has 33 heavy (non-hydrogen) atoms. The summed E-state index contributed by atoms with van der Waals surface area (Å²) in [5.74, 6) is 0. The minimum Gasteiger partial charge on any atom is -0.352 e. The smallest absolute Gasteiger partial charge is 0.170 e. The van der Waals surface area contributed by atoms with E-state index in [2.05, 4.69) is 73.9 Å². The summed E-state index contributed by atoms with van der Waals surface area (Å²) in [7, 11) is 0. The Balaban J connectivity index is 1.56. The number of pyridine rings is 3. The highest BCUT2D eigenvalue weighted by molar-refractivity contribution is 7.80. The molecule has 0 bridgehead atoms. The van der Waals surface area contributed by atoms with Gasteiger partial charge >= 0.3 is 0 Å². The Morgan fingerprint density at radius 2 is 1.76 bits per heavy atom. The van der Waals surface area contributed by atoms with Gasteiger partial charge < -0.3 is 14.8 Å². The molecule has 7 heteroatoms. The van der Waals surface area contributed by atoms with E-state index in [0.717, 1.165) is 22.9 Å². The van der Waals surface area contributed by atoms with Crippen LogP contribution in [0.3, 0.4) is 0 Å². The molecule has 4 aromatic rings. The highest BCUT2D eigenvalue weighted by Crippen LogP contribution is 2.41. The first-order valence-corrected chi connectivity index (χ1v) is 11.4. The molecule has 0 unspecified atom stereocenters. The summed E-state index contributed by atoms with van der Waals surface area (Å²) in [5.41, 5.74) is 7.05. The van der Waals surface area contributed by atoms with Crippen LogP contribution in [-0.2, 0) is 13.1 Å². The summed E-state index contributed by atoms with van der Waals surface area (Å²) >= 11 is 5.83. The summed E-state index contributed by atoms with van der Waals surface area (Å²) in [6.45, 7) is 5.85. The van der Waals surface area contributed by atoms with Gasteiger partial charge in [-0.1, -0.05) is 12.1 Å². The van der Waals surface area contributed by atoms with Gasteiger partial charge in [-0.15, -0.1) is 0 Å². The van der Waals surface area contributed by atoms with E-state index in [9.17, 15) is 0 Å². The van der Waals surface area contributed by atoms with Crippen molar-refractivity contribution in [2.75, 3.05) is 0 Å². The molecule has 0 amide bonds. The first kappa shape index (κ1) is 21.3. The molecule has 6 nitrogen and oxygen atoms in total. The number of aromatic nitrogens is 4. The van der Waals surface area contributed by atoms with Crippen LogP contribution in [0.2, 0.25) is 0 Å². The van der Waals surface area contributed by atoms with Crippen molar-refractivity contribution in [3.63, 3.8) is 0 Å². The maximum Gasteiger partial charge on any atom is 0.170 e. The van der Waals surface area contributed by atoms with Crippen molar-refractivity contribution in [1.82, 2.24) is 29.7 Å². The molecule has 166 valence electrons. The molecule has 2 atom stereocenters. The maximum atomic E-state index is 5.83. The van der Waals surface area contributed by atoms with Gasteiger partial charge in [0.2, 0.25) is 0 Å². The van der Waals surface area contributed by atoms with E-state index in [0.29, 0.717) is 6.54 Å². The fraction of sp³-hybridized carbons (Fsp3) is 0.231. The quantitative estimate of drug-likeness (QED) is 0.433. The third-order valence-electron chi connectivity index (χ3n) is 6.29. The Kier molecular flexibility index (Phi) is 5.88. The fourth-order valence-corrected chi connectivity index (χ4v) is 4.95. The third kappa shape index (κ3) is 4.24. The summed E-state index contributed by atoms with van der Waals surface area (Å²) in [6.07, 6.45) is 9.23. The first-order chi connectivity index (χ1) is 16.1. The lowest BCUT2D eigenvalue weighted by molar-refractivity contribution is 0.309. The highest BCUT2D eigenvalue weighted by Gasteiger charge is 2.41. The minimum atomic E-state index is -0.0368. The van der Waals surface area contributed by atoms with Crippen molar-refractivity contribution >= 4 is 17.3 Å². The molecular weight excluding hydrogens is 428 g/mol. The summed E-state index contributed by atoms with van der Waals surface area (Å²) in [4.78, 5) is 15.4. The molecule has 5 heterocycles. The zero-order valence-electron chi connectivity index (χ0n) is 18.7. The highest BCUT2D eigenvalue weighted by atomic mass is 32.1. The second kappa shape index (κ2) is 9.11. The Hall–Kier alpha value is -3.58. The molecule has 1 fully saturated rings. The van der Waals surface area contributed by atoms with Crippen molar-refractivity contribution in [2.45, 2.75) is 39.0 Å². The van der Waals surface area contributed by atoms with Crippen LogP contribution in [0.1, 0.15) is 45.9 Å². The van der Waals surface area contributed by atoms with Crippen LogP contribution in [0.5, 0.6) is 0 Å². The average Bonchev–Trinajstić information content (AvgIpc) is 3.31. The van der Waals surface area contributed by atoms with Gasteiger partial charge in [0, 0.05) is 55.5 Å². The van der Waals surface area contributed by atoms with Crippen LogP contribution in [0, 0.1) is 13.8 Å². The van der Waals surface area contributed by atoms with E-state index in [-0.39, 0.29) is 12.1 Å². The largest absolute Gasteiger partial charge is 0.352 e. The average molecular weight is 455 g/mol. The Labute approximate surface area is 199 Å². The van der Waals surface area contributed by atoms with Crippen LogP contribution in [0.15, 0.2) is 79.5 Å². The number of thiocarbonyl (C=S) groups is 1. The van der Waals surface area contributed by atoms with Gasteiger partial charge in [0.05, 0.1) is 17.8 Å². The lowest BCUT2D eigenvalue weighted by Crippen LogP contribution is -2.29. The summed E-state index contributed by atoms with van der Waals surface area (Å²) in [6, 6.07) is 16.5. The van der Waals surface area contributed by atoms with Gasteiger partial charge in [0.25, 0.3) is 0 Å². The lowest BCUT2D eigenvalue weighted by atomic mass is 9.96. The Morgan fingerprint density at radius 3 is 2.48 bits per heavy atom. The SMILES string of the molecule is Cc1cc([C@@H]2[C@H](c3ccccn3)NC(=S)N2Cc2cccnc2)c(C)n1Cc1ccncc1. The van der Waals surface area contributed by atoms with E-state index in [4.69, 9.17) is 12.2 Å². The molecule has 1 saturated heterocycles. The van der Waals surface area contributed by atoms with E-state index in [1.807, 2.05) is 43.0 Å². The van der Waals surface area contributed by atoms with Crippen LogP contribution in [0.25, 0.3) is 0 Å². The molecule has 0 radical (unpaired) electrons. The Morgan fingerprint density at radius 1 is 0.909 bits per heavy atom. The molecule has 0 saturated carbocycles. The van der Waals surface area contributed by atoms with Gasteiger partial charge in [0.15, 0.2) is 5.11 Å². The Bertz CT molecular complexity index is 1240. The fourth-order valence-electron chi connectivity index (χ4n) is 4.64. The number of nitrogens with zero attached hydrogens (tertiary/aromatic N) is 5. The molecule has 5 rings (SSSR count). The van der Waals surface area contributed by atoms with E-state index in [1.54, 1.807) is 6.20 Å². The molecule has 1 aliphatic rings. The summed E-state index contributed by atoms with van der Waals surface area (Å²) in [5, 5.41) is 4.29. The number of hydrogen-bond acceptors (Lipinski definition) is 4. The normalized spacial score (nSPS) is 17.9. The second-order valence-electron chi connectivity index (χ2n) is 8.38. The van der Waals surface area contributed by atoms with Crippen LogP contribution >= 0.6 is 12.2 Å². The molecule has 1 N–H and O–H groups in total. The van der Waals surface area contributed by atoms with Crippen molar-refractivity contribution in [3.05, 3.63) is 113 Å². The third-order valence-corrected chi connectivity index (χ3v) is 6.65. The molecular formula is C26H26N6S. The molecule has 0 aliphatic carbocycles. The van der Waals surface area contributed by atoms with Crippen LogP contribution in [-0.4, -0.2) is 29.5 Å². The zero-order chi connectivity index (χ0) is 22.8. The van der Waals surface area contributed by atoms with Crippen LogP contribution in [0.4, 0.5) is 0 Å². The van der Waals surface area contributed by atoms with E-state index in [1.165, 1.54) is 22.5 Å². The van der Waals surface area contributed by atoms with Gasteiger partial charge in [0.1, 0.15) is 0 Å². The molecule has 1 aliphatic heterocycles. The van der Waals surface area contributed by atoms with Crippen molar-refractivity contribution in [2.24, 2.45) is 0 Å². The number of nitrogens with one attached hydrogen (secondary N) is 1. The maximum absolute atomic E-state index is 5.83. The number of hydrogen-bond donors (Lipinski definition) is 1. The molecule has 4 aromatic heterocycles. The van der Waals surface area contributed by atoms with Crippen molar-refractivity contribution < 1.29 is 0 Å². The number of aryl methyl sites for hydroxylation is 1. The zero-order valence-corrected chi connectivity index (χ0v) is 19.5. The monoisotopic (exact) mass is 454 g/mol. The lowest BCUT2D eigenvalue weighted by Gasteiger charge is -2.28. The first-order valence-electron chi connectivity index (χ1n) is 11.0. The van der Waals surface area contributed by atoms with E-state index < -0.39 is 0 Å². The van der Waals surface area contributed by atoms with Crippen LogP contribution < -0.4 is 5.32 Å².